The second-order valence-electron chi connectivity index (χ2n) is 5.04. The normalized spacial score (nSPS) is 10.3. The number of rotatable bonds is 5. The molecule has 0 aliphatic rings. The summed E-state index contributed by atoms with van der Waals surface area (Å²) in [7, 11) is 1.46. The van der Waals surface area contributed by atoms with Crippen molar-refractivity contribution in [2.24, 2.45) is 0 Å². The standard InChI is InChI=1S/C15H17N5O4/c1-4-19-8-11(13(18-19)15(22)16-3)17-14(21)10-6-5-9(2)12(7-10)20(23)24/h5-8H,4H2,1-3H3,(H,16,22)(H,17,21). The van der Waals surface area contributed by atoms with Crippen LogP contribution in [0.1, 0.15) is 33.3 Å². The fourth-order valence-electron chi connectivity index (χ4n) is 2.10. The molecule has 0 saturated heterocycles. The first-order chi connectivity index (χ1) is 11.4. The zero-order valence-electron chi connectivity index (χ0n) is 13.5. The molecule has 9 heteroatoms. The van der Waals surface area contributed by atoms with Gasteiger partial charge in [-0.3, -0.25) is 24.4 Å². The van der Waals surface area contributed by atoms with Gasteiger partial charge in [0.15, 0.2) is 5.69 Å². The van der Waals surface area contributed by atoms with Gasteiger partial charge in [0.2, 0.25) is 0 Å². The third kappa shape index (κ3) is 3.40. The first kappa shape index (κ1) is 17.1. The number of benzene rings is 1. The number of nitrogens with one attached hydrogen (secondary N) is 2. The van der Waals surface area contributed by atoms with Crippen LogP contribution in [0.4, 0.5) is 11.4 Å². The molecule has 126 valence electrons. The number of amides is 2. The number of nitro groups is 1. The fraction of sp³-hybridized carbons (Fsp3) is 0.267. The molecule has 2 N–H and O–H groups in total. The topological polar surface area (TPSA) is 119 Å². The summed E-state index contributed by atoms with van der Waals surface area (Å²) < 4.78 is 1.51. The van der Waals surface area contributed by atoms with Gasteiger partial charge in [-0.15, -0.1) is 0 Å². The van der Waals surface area contributed by atoms with Crippen molar-refractivity contribution >= 4 is 23.2 Å². The van der Waals surface area contributed by atoms with Gasteiger partial charge in [-0.2, -0.15) is 5.10 Å². The molecular formula is C15H17N5O4. The van der Waals surface area contributed by atoms with Crippen molar-refractivity contribution in [3.8, 4) is 0 Å². The summed E-state index contributed by atoms with van der Waals surface area (Å²) in [5.41, 5.74) is 0.762. The largest absolute Gasteiger partial charge is 0.354 e. The molecule has 0 radical (unpaired) electrons. The summed E-state index contributed by atoms with van der Waals surface area (Å²) in [5.74, 6) is -0.994. The maximum absolute atomic E-state index is 12.4. The van der Waals surface area contributed by atoms with Crippen LogP contribution in [0.3, 0.4) is 0 Å². The molecule has 0 atom stereocenters. The molecule has 1 aromatic carbocycles. The summed E-state index contributed by atoms with van der Waals surface area (Å²) in [6.07, 6.45) is 1.53. The number of nitro benzene ring substituents is 1. The van der Waals surface area contributed by atoms with E-state index >= 15 is 0 Å². The number of hydrogen-bond acceptors (Lipinski definition) is 5. The molecule has 2 amide bonds. The van der Waals surface area contributed by atoms with E-state index in [1.165, 1.54) is 36.1 Å². The summed E-state index contributed by atoms with van der Waals surface area (Å²) in [6.45, 7) is 3.96. The molecule has 0 spiro atoms. The van der Waals surface area contributed by atoms with E-state index in [-0.39, 0.29) is 22.6 Å². The highest BCUT2D eigenvalue weighted by Gasteiger charge is 2.20. The maximum Gasteiger partial charge on any atom is 0.273 e. The van der Waals surface area contributed by atoms with E-state index in [0.29, 0.717) is 12.1 Å². The maximum atomic E-state index is 12.4. The lowest BCUT2D eigenvalue weighted by molar-refractivity contribution is -0.385. The van der Waals surface area contributed by atoms with Crippen molar-refractivity contribution in [2.45, 2.75) is 20.4 Å². The Balaban J connectivity index is 2.33. The quantitative estimate of drug-likeness (QED) is 0.639. The number of carbonyl (C=O) groups is 2. The van der Waals surface area contributed by atoms with E-state index in [2.05, 4.69) is 15.7 Å². The minimum absolute atomic E-state index is 0.0781. The molecule has 1 aromatic heterocycles. The van der Waals surface area contributed by atoms with Gasteiger partial charge in [-0.1, -0.05) is 6.07 Å². The highest BCUT2D eigenvalue weighted by molar-refractivity contribution is 6.08. The van der Waals surface area contributed by atoms with Gasteiger partial charge in [-0.05, 0) is 19.9 Å². The number of aryl methyl sites for hydroxylation is 2. The van der Waals surface area contributed by atoms with Crippen LogP contribution < -0.4 is 10.6 Å². The van der Waals surface area contributed by atoms with Crippen LogP contribution >= 0.6 is 0 Å². The molecule has 1 heterocycles. The van der Waals surface area contributed by atoms with Crippen molar-refractivity contribution in [3.63, 3.8) is 0 Å². The lowest BCUT2D eigenvalue weighted by Gasteiger charge is -2.05. The molecule has 0 saturated carbocycles. The van der Waals surface area contributed by atoms with Gasteiger partial charge in [-0.25, -0.2) is 0 Å². The Bertz CT molecular complexity index is 812. The Morgan fingerprint density at radius 2 is 2.04 bits per heavy atom. The average molecular weight is 331 g/mol. The van der Waals surface area contributed by atoms with Gasteiger partial charge in [0, 0.05) is 37.0 Å². The van der Waals surface area contributed by atoms with E-state index < -0.39 is 16.7 Å². The lowest BCUT2D eigenvalue weighted by atomic mass is 10.1. The van der Waals surface area contributed by atoms with Crippen LogP contribution in [0.25, 0.3) is 0 Å². The van der Waals surface area contributed by atoms with Crippen molar-refractivity contribution < 1.29 is 14.5 Å². The van der Waals surface area contributed by atoms with Crippen LogP contribution in [0.2, 0.25) is 0 Å². The molecular weight excluding hydrogens is 314 g/mol. The summed E-state index contributed by atoms with van der Waals surface area (Å²) >= 11 is 0. The van der Waals surface area contributed by atoms with Gasteiger partial charge in [0.05, 0.1) is 10.6 Å². The first-order valence-corrected chi connectivity index (χ1v) is 7.23. The lowest BCUT2D eigenvalue weighted by Crippen LogP contribution is -2.21. The highest BCUT2D eigenvalue weighted by atomic mass is 16.6. The molecule has 9 nitrogen and oxygen atoms in total. The van der Waals surface area contributed by atoms with Crippen molar-refractivity contribution in [1.82, 2.24) is 15.1 Å². The van der Waals surface area contributed by atoms with E-state index in [1.54, 1.807) is 6.92 Å². The van der Waals surface area contributed by atoms with Crippen molar-refractivity contribution in [2.75, 3.05) is 12.4 Å². The summed E-state index contributed by atoms with van der Waals surface area (Å²) in [4.78, 5) is 34.6. The van der Waals surface area contributed by atoms with Crippen molar-refractivity contribution in [3.05, 3.63) is 51.3 Å². The molecule has 2 aromatic rings. The second-order valence-corrected chi connectivity index (χ2v) is 5.04. The van der Waals surface area contributed by atoms with Crippen LogP contribution in [-0.4, -0.2) is 33.6 Å². The Kier molecular flexibility index (Phi) is 4.93. The summed E-state index contributed by atoms with van der Waals surface area (Å²) in [6, 6.07) is 4.19. The van der Waals surface area contributed by atoms with Crippen LogP contribution in [-0.2, 0) is 6.54 Å². The Morgan fingerprint density at radius 1 is 1.33 bits per heavy atom. The predicted octanol–water partition coefficient (Wildman–Crippen LogP) is 1.73. The van der Waals surface area contributed by atoms with Crippen molar-refractivity contribution in [1.29, 1.82) is 0 Å². The second kappa shape index (κ2) is 6.90. The molecule has 0 unspecified atom stereocenters. The predicted molar refractivity (Wildman–Crippen MR) is 87.1 cm³/mol. The molecule has 24 heavy (non-hydrogen) atoms. The minimum atomic E-state index is -0.557. The SMILES string of the molecule is CCn1cc(NC(=O)c2ccc(C)c([N+](=O)[O-])c2)c(C(=O)NC)n1. The third-order valence-electron chi connectivity index (χ3n) is 3.44. The fourth-order valence-corrected chi connectivity index (χ4v) is 2.10. The Hall–Kier alpha value is -3.23. The highest BCUT2D eigenvalue weighted by Crippen LogP contribution is 2.21. The number of carbonyl (C=O) groups excluding carboxylic acids is 2. The third-order valence-corrected chi connectivity index (χ3v) is 3.44. The van der Waals surface area contributed by atoms with E-state index in [4.69, 9.17) is 0 Å². The molecule has 2 rings (SSSR count). The zero-order chi connectivity index (χ0) is 17.9. The van der Waals surface area contributed by atoms with E-state index in [0.717, 1.165) is 0 Å². The molecule has 0 aliphatic carbocycles. The Labute approximate surface area is 137 Å². The summed E-state index contributed by atoms with van der Waals surface area (Å²) in [5, 5.41) is 20.1. The van der Waals surface area contributed by atoms with Gasteiger partial charge >= 0.3 is 0 Å². The van der Waals surface area contributed by atoms with E-state index in [9.17, 15) is 19.7 Å². The van der Waals surface area contributed by atoms with Gasteiger partial charge < -0.3 is 10.6 Å². The van der Waals surface area contributed by atoms with E-state index in [1.807, 2.05) is 6.92 Å². The minimum Gasteiger partial charge on any atom is -0.354 e. The van der Waals surface area contributed by atoms with Gasteiger partial charge in [0.1, 0.15) is 0 Å². The first-order valence-electron chi connectivity index (χ1n) is 7.23. The Morgan fingerprint density at radius 3 is 2.62 bits per heavy atom. The number of hydrogen-bond donors (Lipinski definition) is 2. The van der Waals surface area contributed by atoms with Crippen LogP contribution in [0.15, 0.2) is 24.4 Å². The molecule has 0 aliphatic heterocycles. The zero-order valence-corrected chi connectivity index (χ0v) is 13.5. The number of anilines is 1. The smallest absolute Gasteiger partial charge is 0.273 e. The monoisotopic (exact) mass is 331 g/mol. The average Bonchev–Trinajstić information content (AvgIpc) is 2.97. The van der Waals surface area contributed by atoms with Crippen LogP contribution in [0.5, 0.6) is 0 Å². The van der Waals surface area contributed by atoms with Gasteiger partial charge in [0.25, 0.3) is 17.5 Å². The number of nitrogens with zero attached hydrogens (tertiary/aromatic N) is 3. The van der Waals surface area contributed by atoms with Crippen LogP contribution in [0, 0.1) is 17.0 Å². The molecule has 0 bridgehead atoms. The molecule has 0 fully saturated rings. The number of aromatic nitrogens is 2.